The number of carbonyl (C=O) groups excluding carboxylic acids is 1. The van der Waals surface area contributed by atoms with E-state index in [-0.39, 0.29) is 25.3 Å². The summed E-state index contributed by atoms with van der Waals surface area (Å²) in [6, 6.07) is 0. The fourth-order valence-electron chi connectivity index (χ4n) is 3.39. The zero-order chi connectivity index (χ0) is 21.2. The van der Waals surface area contributed by atoms with Crippen LogP contribution in [0.15, 0.2) is 24.3 Å². The third kappa shape index (κ3) is 13.6. The molecule has 3 atom stereocenters. The van der Waals surface area contributed by atoms with Gasteiger partial charge in [0.1, 0.15) is 12.2 Å². The number of carbonyl (C=O) groups is 1. The van der Waals surface area contributed by atoms with Gasteiger partial charge in [-0.25, -0.2) is 0 Å². The largest absolute Gasteiger partial charge is 0.459 e. The molecule has 0 aliphatic carbocycles. The first kappa shape index (κ1) is 25.9. The topological polar surface area (TPSA) is 76.0 Å². The normalized spacial score (nSPS) is 22.5. The second-order valence-electron chi connectivity index (χ2n) is 7.95. The Morgan fingerprint density at radius 2 is 1.66 bits per heavy atom. The molecule has 0 radical (unpaired) electrons. The maximum absolute atomic E-state index is 11.9. The summed E-state index contributed by atoms with van der Waals surface area (Å²) < 4.78 is 10.6. The molecule has 29 heavy (non-hydrogen) atoms. The molecule has 2 N–H and O–H groups in total. The fourth-order valence-corrected chi connectivity index (χ4v) is 3.39. The highest BCUT2D eigenvalue weighted by atomic mass is 16.6. The lowest BCUT2D eigenvalue weighted by Gasteiger charge is -2.32. The number of hydrogen-bond acceptors (Lipinski definition) is 5. The second-order valence-corrected chi connectivity index (χ2v) is 7.95. The molecule has 5 nitrogen and oxygen atoms in total. The fraction of sp³-hybridized carbons (Fsp3) is 0.792. The van der Waals surface area contributed by atoms with Gasteiger partial charge in [-0.05, 0) is 38.5 Å². The molecule has 0 aromatic carbocycles. The van der Waals surface area contributed by atoms with E-state index in [1.807, 2.05) is 0 Å². The molecule has 1 aliphatic rings. The molecule has 1 saturated heterocycles. The van der Waals surface area contributed by atoms with Gasteiger partial charge in [-0.1, -0.05) is 63.3 Å². The van der Waals surface area contributed by atoms with Crippen molar-refractivity contribution in [3.05, 3.63) is 24.3 Å². The van der Waals surface area contributed by atoms with Crippen molar-refractivity contribution in [3.8, 4) is 0 Å². The molecule has 0 aromatic rings. The lowest BCUT2D eigenvalue weighted by atomic mass is 10.0. The molecule has 168 valence electrons. The van der Waals surface area contributed by atoms with Crippen LogP contribution < -0.4 is 0 Å². The van der Waals surface area contributed by atoms with Crippen LogP contribution in [0.25, 0.3) is 0 Å². The van der Waals surface area contributed by atoms with E-state index in [1.165, 1.54) is 38.5 Å². The lowest BCUT2D eigenvalue weighted by Crippen LogP contribution is -2.44. The van der Waals surface area contributed by atoms with Gasteiger partial charge in [0.25, 0.3) is 0 Å². The number of aliphatic hydroxyl groups is 2. The van der Waals surface area contributed by atoms with E-state index in [4.69, 9.17) is 14.6 Å². The van der Waals surface area contributed by atoms with E-state index >= 15 is 0 Å². The Morgan fingerprint density at radius 3 is 2.34 bits per heavy atom. The smallest absolute Gasteiger partial charge is 0.306 e. The zero-order valence-corrected chi connectivity index (χ0v) is 18.3. The highest BCUT2D eigenvalue weighted by Crippen LogP contribution is 2.18. The van der Waals surface area contributed by atoms with Crippen molar-refractivity contribution in [3.63, 3.8) is 0 Å². The van der Waals surface area contributed by atoms with E-state index in [0.717, 1.165) is 32.1 Å². The van der Waals surface area contributed by atoms with Gasteiger partial charge in [-0.3, -0.25) is 4.79 Å². The van der Waals surface area contributed by atoms with Gasteiger partial charge in [-0.15, -0.1) is 0 Å². The Kier molecular flexibility index (Phi) is 15.8. The van der Waals surface area contributed by atoms with Gasteiger partial charge in [0.2, 0.25) is 0 Å². The molecule has 1 aliphatic heterocycles. The van der Waals surface area contributed by atoms with Crippen molar-refractivity contribution in [1.29, 1.82) is 0 Å². The van der Waals surface area contributed by atoms with Crippen LogP contribution in [0.5, 0.6) is 0 Å². The minimum atomic E-state index is -0.800. The van der Waals surface area contributed by atoms with E-state index in [2.05, 4.69) is 31.2 Å². The van der Waals surface area contributed by atoms with Gasteiger partial charge >= 0.3 is 5.97 Å². The molecule has 0 amide bonds. The first-order valence-electron chi connectivity index (χ1n) is 11.6. The van der Waals surface area contributed by atoms with Crippen molar-refractivity contribution >= 4 is 5.97 Å². The summed E-state index contributed by atoms with van der Waals surface area (Å²) in [5.74, 6) is -0.265. The quantitative estimate of drug-likeness (QED) is 0.216. The number of unbranched alkanes of at least 4 members (excludes halogenated alkanes) is 8. The number of aliphatic hydroxyl groups excluding tert-OH is 2. The third-order valence-corrected chi connectivity index (χ3v) is 5.25. The van der Waals surface area contributed by atoms with Crippen LogP contribution in [0.4, 0.5) is 0 Å². The molecule has 1 fully saturated rings. The Bertz CT molecular complexity index is 460. The monoisotopic (exact) mass is 410 g/mol. The van der Waals surface area contributed by atoms with Crippen molar-refractivity contribution in [2.75, 3.05) is 13.2 Å². The third-order valence-electron chi connectivity index (χ3n) is 5.25. The first-order valence-corrected chi connectivity index (χ1v) is 11.6. The summed E-state index contributed by atoms with van der Waals surface area (Å²) in [5, 5.41) is 19.0. The Labute approximate surface area is 177 Å². The highest BCUT2D eigenvalue weighted by Gasteiger charge is 2.32. The lowest BCUT2D eigenvalue weighted by molar-refractivity contribution is -0.175. The average Bonchev–Trinajstić information content (AvgIpc) is 2.72. The number of rotatable bonds is 16. The van der Waals surface area contributed by atoms with Crippen LogP contribution in [-0.4, -0.2) is 47.7 Å². The van der Waals surface area contributed by atoms with Crippen LogP contribution in [-0.2, 0) is 14.3 Å². The molecular formula is C24H42O5. The molecule has 0 bridgehead atoms. The van der Waals surface area contributed by atoms with Crippen LogP contribution in [0.1, 0.15) is 90.4 Å². The van der Waals surface area contributed by atoms with Crippen LogP contribution in [0.2, 0.25) is 0 Å². The van der Waals surface area contributed by atoms with Crippen molar-refractivity contribution in [1.82, 2.24) is 0 Å². The molecular weight excluding hydrogens is 368 g/mol. The van der Waals surface area contributed by atoms with Crippen LogP contribution in [0.3, 0.4) is 0 Å². The predicted molar refractivity (Wildman–Crippen MR) is 117 cm³/mol. The van der Waals surface area contributed by atoms with E-state index in [1.54, 1.807) is 0 Å². The van der Waals surface area contributed by atoms with E-state index < -0.39 is 12.2 Å². The van der Waals surface area contributed by atoms with Crippen molar-refractivity contribution < 1.29 is 24.5 Å². The van der Waals surface area contributed by atoms with E-state index in [9.17, 15) is 9.90 Å². The van der Waals surface area contributed by atoms with Gasteiger partial charge in [0, 0.05) is 12.8 Å². The summed E-state index contributed by atoms with van der Waals surface area (Å²) in [4.78, 5) is 11.9. The second kappa shape index (κ2) is 17.7. The Balaban J connectivity index is 1.93. The summed E-state index contributed by atoms with van der Waals surface area (Å²) >= 11 is 0. The van der Waals surface area contributed by atoms with Crippen molar-refractivity contribution in [2.45, 2.75) is 109 Å². The molecule has 5 heteroatoms. The Morgan fingerprint density at radius 1 is 1.00 bits per heavy atom. The highest BCUT2D eigenvalue weighted by molar-refractivity contribution is 5.69. The standard InChI is InChI=1S/C24H42O5/c1-2-3-4-5-6-7-8-9-10-11-12-13-14-15-16-17-24(27)29-23-18-21(19-25)28-20-22(23)26/h6-7,9-10,21-23,25-26H,2-5,8,11-20H2,1H3/b7-6-,10-9-. The molecule has 1 rings (SSSR count). The van der Waals surface area contributed by atoms with Crippen LogP contribution in [0, 0.1) is 0 Å². The summed E-state index contributed by atoms with van der Waals surface area (Å²) in [7, 11) is 0. The maximum atomic E-state index is 11.9. The predicted octanol–water partition coefficient (Wildman–Crippen LogP) is 4.85. The SMILES string of the molecule is CCCCC/C=C\C/C=C\CCCCCCCC(=O)OC1CC(CO)OCC1O. The van der Waals surface area contributed by atoms with Gasteiger partial charge in [0.05, 0.1) is 19.3 Å². The van der Waals surface area contributed by atoms with Gasteiger partial charge < -0.3 is 19.7 Å². The zero-order valence-electron chi connectivity index (χ0n) is 18.3. The number of esters is 1. The van der Waals surface area contributed by atoms with E-state index in [0.29, 0.717) is 12.8 Å². The summed E-state index contributed by atoms with van der Waals surface area (Å²) in [6.45, 7) is 2.22. The first-order chi connectivity index (χ1) is 14.2. The minimum absolute atomic E-state index is 0.104. The summed E-state index contributed by atoms with van der Waals surface area (Å²) in [5.41, 5.74) is 0. The number of allylic oxidation sites excluding steroid dienone is 4. The minimum Gasteiger partial charge on any atom is -0.459 e. The van der Waals surface area contributed by atoms with Gasteiger partial charge in [0.15, 0.2) is 0 Å². The molecule has 1 heterocycles. The van der Waals surface area contributed by atoms with Gasteiger partial charge in [-0.2, -0.15) is 0 Å². The van der Waals surface area contributed by atoms with Crippen molar-refractivity contribution in [2.24, 2.45) is 0 Å². The maximum Gasteiger partial charge on any atom is 0.306 e. The molecule has 0 saturated carbocycles. The number of ether oxygens (including phenoxy) is 2. The average molecular weight is 411 g/mol. The Hall–Kier alpha value is -1.17. The van der Waals surface area contributed by atoms with Crippen LogP contribution >= 0.6 is 0 Å². The summed E-state index contributed by atoms with van der Waals surface area (Å²) in [6.07, 6.45) is 20.7. The number of hydrogen-bond donors (Lipinski definition) is 2. The molecule has 0 spiro atoms. The molecule has 0 aromatic heterocycles. The molecule has 3 unspecified atom stereocenters.